The van der Waals surface area contributed by atoms with E-state index in [2.05, 4.69) is 6.58 Å². The molecule has 3 rings (SSSR count). The normalized spacial score (nSPS) is 13.8. The van der Waals surface area contributed by atoms with Crippen LogP contribution >= 0.6 is 0 Å². The van der Waals surface area contributed by atoms with Crippen molar-refractivity contribution in [2.24, 2.45) is 0 Å². The molecular formula is C19H17NO2. The van der Waals surface area contributed by atoms with Crippen molar-refractivity contribution in [3.05, 3.63) is 77.9 Å². The molecule has 0 N–H and O–H groups in total. The number of rotatable bonds is 4. The maximum Gasteiger partial charge on any atom is 0.259 e. The molecule has 0 saturated heterocycles. The predicted molar refractivity (Wildman–Crippen MR) is 88.5 cm³/mol. The Hall–Kier alpha value is -2.81. The van der Waals surface area contributed by atoms with Gasteiger partial charge in [-0.3, -0.25) is 4.79 Å². The van der Waals surface area contributed by atoms with Gasteiger partial charge in [0.1, 0.15) is 5.75 Å². The van der Waals surface area contributed by atoms with Crippen LogP contribution in [0.4, 0.5) is 0 Å². The Morgan fingerprint density at radius 3 is 2.64 bits per heavy atom. The zero-order chi connectivity index (χ0) is 15.5. The summed E-state index contributed by atoms with van der Waals surface area (Å²) >= 11 is 0. The van der Waals surface area contributed by atoms with Crippen LogP contribution in [0.3, 0.4) is 0 Å². The fraction of sp³-hybridized carbons (Fsp3) is 0.105. The summed E-state index contributed by atoms with van der Waals surface area (Å²) in [6.07, 6.45) is 3.94. The summed E-state index contributed by atoms with van der Waals surface area (Å²) in [5, 5.41) is 0. The van der Waals surface area contributed by atoms with Crippen LogP contribution in [0.25, 0.3) is 11.8 Å². The van der Waals surface area contributed by atoms with Crippen LogP contribution in [-0.2, 0) is 0 Å². The average molecular weight is 291 g/mol. The van der Waals surface area contributed by atoms with Gasteiger partial charge in [0.2, 0.25) is 0 Å². The number of carbonyl (C=O) groups is 1. The molecule has 0 fully saturated rings. The summed E-state index contributed by atoms with van der Waals surface area (Å²) in [5.74, 6) is 0.826. The lowest BCUT2D eigenvalue weighted by atomic mass is 10.1. The minimum absolute atomic E-state index is 0.0101. The molecule has 2 aromatic carbocycles. The van der Waals surface area contributed by atoms with Crippen LogP contribution < -0.4 is 4.74 Å². The Morgan fingerprint density at radius 2 is 1.91 bits per heavy atom. The SMILES string of the molecule is C=C1c2ccccc2C(=O)N1C/C=C/c1cccc(OC)c1. The molecule has 0 radical (unpaired) electrons. The van der Waals surface area contributed by atoms with E-state index in [1.807, 2.05) is 60.7 Å². The van der Waals surface area contributed by atoms with Gasteiger partial charge in [-0.1, -0.05) is 49.1 Å². The molecule has 0 aliphatic carbocycles. The van der Waals surface area contributed by atoms with E-state index in [0.29, 0.717) is 6.54 Å². The van der Waals surface area contributed by atoms with Gasteiger partial charge < -0.3 is 9.64 Å². The zero-order valence-electron chi connectivity index (χ0n) is 12.5. The van der Waals surface area contributed by atoms with Crippen LogP contribution in [0, 0.1) is 0 Å². The summed E-state index contributed by atoms with van der Waals surface area (Å²) in [6, 6.07) is 15.4. The van der Waals surface area contributed by atoms with Gasteiger partial charge in [-0.2, -0.15) is 0 Å². The van der Waals surface area contributed by atoms with Gasteiger partial charge in [-0.05, 0) is 23.8 Å². The fourth-order valence-corrected chi connectivity index (χ4v) is 2.57. The highest BCUT2D eigenvalue weighted by molar-refractivity contribution is 6.08. The minimum atomic E-state index is 0.0101. The molecular weight excluding hydrogens is 274 g/mol. The smallest absolute Gasteiger partial charge is 0.259 e. The van der Waals surface area contributed by atoms with Gasteiger partial charge in [0.15, 0.2) is 0 Å². The molecule has 22 heavy (non-hydrogen) atoms. The van der Waals surface area contributed by atoms with Crippen LogP contribution in [-0.4, -0.2) is 24.5 Å². The molecule has 1 aliphatic heterocycles. The van der Waals surface area contributed by atoms with Gasteiger partial charge >= 0.3 is 0 Å². The minimum Gasteiger partial charge on any atom is -0.497 e. The number of hydrogen-bond acceptors (Lipinski definition) is 2. The molecule has 0 unspecified atom stereocenters. The molecule has 0 atom stereocenters. The Labute approximate surface area is 130 Å². The molecule has 2 aromatic rings. The number of methoxy groups -OCH3 is 1. The largest absolute Gasteiger partial charge is 0.497 e. The zero-order valence-corrected chi connectivity index (χ0v) is 12.5. The highest BCUT2D eigenvalue weighted by Gasteiger charge is 2.29. The molecule has 1 amide bonds. The average Bonchev–Trinajstić information content (AvgIpc) is 2.80. The van der Waals surface area contributed by atoms with E-state index in [9.17, 15) is 4.79 Å². The standard InChI is InChI=1S/C19H17NO2/c1-14-17-10-3-4-11-18(17)19(21)20(14)12-6-8-15-7-5-9-16(13-15)22-2/h3-11,13H,1,12H2,2H3/b8-6+. The van der Waals surface area contributed by atoms with E-state index in [-0.39, 0.29) is 5.91 Å². The highest BCUT2D eigenvalue weighted by Crippen LogP contribution is 2.30. The monoisotopic (exact) mass is 291 g/mol. The number of fused-ring (bicyclic) bond motifs is 1. The van der Waals surface area contributed by atoms with Gasteiger partial charge in [-0.15, -0.1) is 0 Å². The third-order valence-electron chi connectivity index (χ3n) is 3.73. The van der Waals surface area contributed by atoms with Crippen molar-refractivity contribution in [1.29, 1.82) is 0 Å². The van der Waals surface area contributed by atoms with Crippen molar-refractivity contribution >= 4 is 17.7 Å². The Bertz CT molecular complexity index is 727. The lowest BCUT2D eigenvalue weighted by molar-refractivity contribution is 0.0862. The van der Waals surface area contributed by atoms with Gasteiger partial charge in [0.25, 0.3) is 5.91 Å². The van der Waals surface area contributed by atoms with Crippen molar-refractivity contribution in [2.45, 2.75) is 0 Å². The van der Waals surface area contributed by atoms with Crippen LogP contribution in [0.2, 0.25) is 0 Å². The Balaban J connectivity index is 1.74. The molecule has 0 spiro atoms. The Morgan fingerprint density at radius 1 is 1.14 bits per heavy atom. The highest BCUT2D eigenvalue weighted by atomic mass is 16.5. The van der Waals surface area contributed by atoms with E-state index < -0.39 is 0 Å². The first-order chi connectivity index (χ1) is 10.7. The van der Waals surface area contributed by atoms with Crippen molar-refractivity contribution in [3.8, 4) is 5.75 Å². The molecule has 0 aromatic heterocycles. The van der Waals surface area contributed by atoms with Crippen LogP contribution in [0.1, 0.15) is 21.5 Å². The lowest BCUT2D eigenvalue weighted by Gasteiger charge is -2.14. The predicted octanol–water partition coefficient (Wildman–Crippen LogP) is 3.84. The molecule has 3 heteroatoms. The molecule has 1 aliphatic rings. The molecule has 0 bridgehead atoms. The van der Waals surface area contributed by atoms with Crippen molar-refractivity contribution in [2.75, 3.05) is 13.7 Å². The number of hydrogen-bond donors (Lipinski definition) is 0. The quantitative estimate of drug-likeness (QED) is 0.856. The maximum atomic E-state index is 12.4. The third-order valence-corrected chi connectivity index (χ3v) is 3.73. The van der Waals surface area contributed by atoms with Crippen molar-refractivity contribution in [3.63, 3.8) is 0 Å². The first kappa shape index (κ1) is 14.1. The summed E-state index contributed by atoms with van der Waals surface area (Å²) in [4.78, 5) is 14.1. The van der Waals surface area contributed by atoms with E-state index in [1.165, 1.54) is 0 Å². The number of ether oxygens (including phenoxy) is 1. The van der Waals surface area contributed by atoms with Gasteiger partial charge in [0, 0.05) is 23.4 Å². The lowest BCUT2D eigenvalue weighted by Crippen LogP contribution is -2.22. The van der Waals surface area contributed by atoms with E-state index in [1.54, 1.807) is 12.0 Å². The van der Waals surface area contributed by atoms with Crippen LogP contribution in [0.5, 0.6) is 5.75 Å². The second-order valence-electron chi connectivity index (χ2n) is 5.09. The van der Waals surface area contributed by atoms with Crippen molar-refractivity contribution < 1.29 is 9.53 Å². The van der Waals surface area contributed by atoms with Crippen molar-refractivity contribution in [1.82, 2.24) is 4.90 Å². The third kappa shape index (κ3) is 2.53. The first-order valence-electron chi connectivity index (χ1n) is 7.11. The topological polar surface area (TPSA) is 29.5 Å². The van der Waals surface area contributed by atoms with Gasteiger partial charge in [-0.25, -0.2) is 0 Å². The Kier molecular flexibility index (Phi) is 3.79. The maximum absolute atomic E-state index is 12.4. The second kappa shape index (κ2) is 5.90. The fourth-order valence-electron chi connectivity index (χ4n) is 2.57. The summed E-state index contributed by atoms with van der Waals surface area (Å²) < 4.78 is 5.20. The summed E-state index contributed by atoms with van der Waals surface area (Å²) in [6.45, 7) is 4.54. The first-order valence-corrected chi connectivity index (χ1v) is 7.11. The van der Waals surface area contributed by atoms with E-state index in [4.69, 9.17) is 4.74 Å². The van der Waals surface area contributed by atoms with Crippen LogP contribution in [0.15, 0.2) is 61.2 Å². The molecule has 1 heterocycles. The molecule has 0 saturated carbocycles. The second-order valence-corrected chi connectivity index (χ2v) is 5.09. The van der Waals surface area contributed by atoms with E-state index in [0.717, 1.165) is 28.1 Å². The summed E-state index contributed by atoms with van der Waals surface area (Å²) in [5.41, 5.74) is 3.44. The summed E-state index contributed by atoms with van der Waals surface area (Å²) in [7, 11) is 1.65. The molecule has 110 valence electrons. The van der Waals surface area contributed by atoms with E-state index >= 15 is 0 Å². The number of carbonyl (C=O) groups excluding carboxylic acids is 1. The number of benzene rings is 2. The molecule has 3 nitrogen and oxygen atoms in total. The number of amides is 1. The number of nitrogens with zero attached hydrogens (tertiary/aromatic N) is 1. The van der Waals surface area contributed by atoms with Gasteiger partial charge in [0.05, 0.1) is 7.11 Å².